The first-order valence-electron chi connectivity index (χ1n) is 6.34. The normalized spacial score (nSPS) is 20.5. The quantitative estimate of drug-likeness (QED) is 0.787. The number of alkyl halides is 1. The van der Waals surface area contributed by atoms with E-state index in [1.54, 1.807) is 0 Å². The Balaban J connectivity index is 2.66. The van der Waals surface area contributed by atoms with Gasteiger partial charge in [0.15, 0.2) is 0 Å². The summed E-state index contributed by atoms with van der Waals surface area (Å²) in [5, 5.41) is 4.17. The number of rotatable bonds is 4. The average Bonchev–Trinajstić information content (AvgIpc) is 2.30. The highest BCUT2D eigenvalue weighted by Crippen LogP contribution is 2.31. The molecule has 0 aliphatic heterocycles. The van der Waals surface area contributed by atoms with Crippen LogP contribution in [0.15, 0.2) is 0 Å². The fourth-order valence-corrected chi connectivity index (χ4v) is 2.79. The lowest BCUT2D eigenvalue weighted by Crippen LogP contribution is -2.54. The van der Waals surface area contributed by atoms with E-state index in [4.69, 9.17) is 0 Å². The standard InChI is InChI=1S/C13H24BrNO/c1-4-12(2,3)11(16)15-13(10-14)8-6-5-7-9-13/h4-10H2,1-3H3,(H,15,16). The first kappa shape index (κ1) is 14.0. The van der Waals surface area contributed by atoms with Crippen LogP contribution in [-0.2, 0) is 4.79 Å². The SMILES string of the molecule is CCC(C)(C)C(=O)NC1(CBr)CCCCC1. The highest BCUT2D eigenvalue weighted by Gasteiger charge is 2.36. The van der Waals surface area contributed by atoms with Gasteiger partial charge >= 0.3 is 0 Å². The fraction of sp³-hybridized carbons (Fsp3) is 0.923. The van der Waals surface area contributed by atoms with Gasteiger partial charge in [0.1, 0.15) is 0 Å². The van der Waals surface area contributed by atoms with Gasteiger partial charge in [0, 0.05) is 16.3 Å². The summed E-state index contributed by atoms with van der Waals surface area (Å²) in [4.78, 5) is 12.2. The second kappa shape index (κ2) is 5.52. The molecule has 0 atom stereocenters. The first-order chi connectivity index (χ1) is 7.46. The number of carbonyl (C=O) groups is 1. The van der Waals surface area contributed by atoms with E-state index >= 15 is 0 Å². The highest BCUT2D eigenvalue weighted by atomic mass is 79.9. The lowest BCUT2D eigenvalue weighted by molar-refractivity contribution is -0.131. The number of carbonyl (C=O) groups excluding carboxylic acids is 1. The van der Waals surface area contributed by atoms with Crippen molar-refractivity contribution in [2.75, 3.05) is 5.33 Å². The molecule has 1 fully saturated rings. The summed E-state index contributed by atoms with van der Waals surface area (Å²) in [5.41, 5.74) is -0.228. The Morgan fingerprint density at radius 1 is 1.31 bits per heavy atom. The summed E-state index contributed by atoms with van der Waals surface area (Å²) in [5.74, 6) is 0.205. The first-order valence-corrected chi connectivity index (χ1v) is 7.46. The molecule has 0 radical (unpaired) electrons. The third-order valence-electron chi connectivity index (χ3n) is 3.94. The number of amides is 1. The van der Waals surface area contributed by atoms with Gasteiger partial charge in [0.2, 0.25) is 5.91 Å². The molecule has 0 unspecified atom stereocenters. The van der Waals surface area contributed by atoms with E-state index in [0.29, 0.717) is 0 Å². The van der Waals surface area contributed by atoms with Gasteiger partial charge in [-0.3, -0.25) is 4.79 Å². The molecule has 0 heterocycles. The third kappa shape index (κ3) is 3.22. The van der Waals surface area contributed by atoms with Gasteiger partial charge in [-0.25, -0.2) is 0 Å². The van der Waals surface area contributed by atoms with Crippen molar-refractivity contribution in [2.45, 2.75) is 64.8 Å². The maximum absolute atomic E-state index is 12.2. The topological polar surface area (TPSA) is 29.1 Å². The Hall–Kier alpha value is -0.0500. The molecule has 0 saturated heterocycles. The van der Waals surface area contributed by atoms with Gasteiger partial charge in [-0.1, -0.05) is 56.0 Å². The van der Waals surface area contributed by atoms with E-state index in [1.165, 1.54) is 19.3 Å². The maximum Gasteiger partial charge on any atom is 0.226 e. The molecule has 2 nitrogen and oxygen atoms in total. The van der Waals surface area contributed by atoms with Crippen molar-refractivity contribution in [3.05, 3.63) is 0 Å². The zero-order valence-corrected chi connectivity index (χ0v) is 12.3. The van der Waals surface area contributed by atoms with Gasteiger partial charge in [-0.05, 0) is 19.3 Å². The van der Waals surface area contributed by atoms with Gasteiger partial charge in [-0.2, -0.15) is 0 Å². The monoisotopic (exact) mass is 289 g/mol. The Bertz CT molecular complexity index is 244. The largest absolute Gasteiger partial charge is 0.349 e. The van der Waals surface area contributed by atoms with Crippen LogP contribution >= 0.6 is 15.9 Å². The van der Waals surface area contributed by atoms with Gasteiger partial charge in [-0.15, -0.1) is 0 Å². The van der Waals surface area contributed by atoms with E-state index in [1.807, 2.05) is 13.8 Å². The number of halogens is 1. The second-order valence-corrected chi connectivity index (χ2v) is 6.23. The van der Waals surface area contributed by atoms with Crippen LogP contribution in [0.3, 0.4) is 0 Å². The minimum Gasteiger partial charge on any atom is -0.349 e. The van der Waals surface area contributed by atoms with Gasteiger partial charge < -0.3 is 5.32 Å². The lowest BCUT2D eigenvalue weighted by atomic mass is 9.81. The molecular formula is C13H24BrNO. The van der Waals surface area contributed by atoms with Crippen LogP contribution in [0.4, 0.5) is 0 Å². The molecule has 1 saturated carbocycles. The maximum atomic E-state index is 12.2. The predicted molar refractivity (Wildman–Crippen MR) is 71.8 cm³/mol. The molecule has 0 bridgehead atoms. The van der Waals surface area contributed by atoms with E-state index < -0.39 is 0 Å². The molecule has 0 aromatic rings. The Labute approximate surface area is 108 Å². The van der Waals surface area contributed by atoms with Crippen molar-refractivity contribution in [3.63, 3.8) is 0 Å². The average molecular weight is 290 g/mol. The van der Waals surface area contributed by atoms with Crippen LogP contribution < -0.4 is 5.32 Å². The summed E-state index contributed by atoms with van der Waals surface area (Å²) in [6.45, 7) is 6.11. The molecule has 94 valence electrons. The molecule has 0 spiro atoms. The van der Waals surface area contributed by atoms with Crippen LogP contribution in [0.25, 0.3) is 0 Å². The third-order valence-corrected chi connectivity index (χ3v) is 5.02. The number of hydrogen-bond acceptors (Lipinski definition) is 1. The van der Waals surface area contributed by atoms with Crippen molar-refractivity contribution in [2.24, 2.45) is 5.41 Å². The number of nitrogens with one attached hydrogen (secondary N) is 1. The van der Waals surface area contributed by atoms with Crippen molar-refractivity contribution in [1.29, 1.82) is 0 Å². The van der Waals surface area contributed by atoms with Crippen LogP contribution in [-0.4, -0.2) is 16.8 Å². The van der Waals surface area contributed by atoms with Crippen molar-refractivity contribution in [3.8, 4) is 0 Å². The zero-order chi connectivity index (χ0) is 12.2. The lowest BCUT2D eigenvalue weighted by Gasteiger charge is -2.39. The highest BCUT2D eigenvalue weighted by molar-refractivity contribution is 9.09. The molecule has 1 amide bonds. The predicted octanol–water partition coefficient (Wildman–Crippen LogP) is 3.64. The Morgan fingerprint density at radius 2 is 1.88 bits per heavy atom. The number of hydrogen-bond donors (Lipinski definition) is 1. The zero-order valence-electron chi connectivity index (χ0n) is 10.7. The molecule has 3 heteroatoms. The van der Waals surface area contributed by atoms with Crippen molar-refractivity contribution in [1.82, 2.24) is 5.32 Å². The van der Waals surface area contributed by atoms with Crippen LogP contribution in [0.1, 0.15) is 59.3 Å². The minimum absolute atomic E-state index is 0.0156. The minimum atomic E-state index is -0.243. The second-order valence-electron chi connectivity index (χ2n) is 5.67. The summed E-state index contributed by atoms with van der Waals surface area (Å²) in [6, 6.07) is 0. The molecule has 1 N–H and O–H groups in total. The Morgan fingerprint density at radius 3 is 2.31 bits per heavy atom. The molecule has 16 heavy (non-hydrogen) atoms. The molecular weight excluding hydrogens is 266 g/mol. The summed E-state index contributed by atoms with van der Waals surface area (Å²) < 4.78 is 0. The van der Waals surface area contributed by atoms with E-state index in [2.05, 4.69) is 28.2 Å². The van der Waals surface area contributed by atoms with E-state index in [-0.39, 0.29) is 16.9 Å². The van der Waals surface area contributed by atoms with Crippen molar-refractivity contribution >= 4 is 21.8 Å². The molecule has 1 aliphatic rings. The molecule has 1 rings (SSSR count). The fourth-order valence-electron chi connectivity index (χ4n) is 2.09. The molecule has 1 aliphatic carbocycles. The van der Waals surface area contributed by atoms with Crippen LogP contribution in [0.5, 0.6) is 0 Å². The van der Waals surface area contributed by atoms with E-state index in [9.17, 15) is 4.79 Å². The molecule has 0 aromatic heterocycles. The summed E-state index contributed by atoms with van der Waals surface area (Å²) in [6.07, 6.45) is 6.89. The summed E-state index contributed by atoms with van der Waals surface area (Å²) in [7, 11) is 0. The summed E-state index contributed by atoms with van der Waals surface area (Å²) >= 11 is 3.57. The van der Waals surface area contributed by atoms with E-state index in [0.717, 1.165) is 24.6 Å². The van der Waals surface area contributed by atoms with Crippen molar-refractivity contribution < 1.29 is 4.79 Å². The smallest absolute Gasteiger partial charge is 0.226 e. The Kier molecular flexibility index (Phi) is 4.84. The molecule has 0 aromatic carbocycles. The van der Waals surface area contributed by atoms with Gasteiger partial charge in [0.05, 0.1) is 0 Å². The van der Waals surface area contributed by atoms with Crippen LogP contribution in [0, 0.1) is 5.41 Å². The van der Waals surface area contributed by atoms with Crippen LogP contribution in [0.2, 0.25) is 0 Å². The van der Waals surface area contributed by atoms with Gasteiger partial charge in [0.25, 0.3) is 0 Å².